The fraction of sp³-hybridized carbons (Fsp3) is 0.667. The van der Waals surface area contributed by atoms with E-state index in [0.29, 0.717) is 6.61 Å². The van der Waals surface area contributed by atoms with E-state index in [0.717, 1.165) is 47.4 Å². The first-order valence-corrected chi connectivity index (χ1v) is 8.20. The second kappa shape index (κ2) is 5.07. The lowest BCUT2D eigenvalue weighted by molar-refractivity contribution is -0.0742. The van der Waals surface area contributed by atoms with Gasteiger partial charge in [0.05, 0.1) is 13.2 Å². The molecule has 20 heavy (non-hydrogen) atoms. The van der Waals surface area contributed by atoms with Gasteiger partial charge >= 0.3 is 0 Å². The van der Waals surface area contributed by atoms with Crippen molar-refractivity contribution in [2.75, 3.05) is 12.3 Å². The zero-order valence-electron chi connectivity index (χ0n) is 12.1. The number of para-hydroxylation sites is 1. The van der Waals surface area contributed by atoms with E-state index in [1.807, 2.05) is 18.2 Å². The second-order valence-corrected chi connectivity index (χ2v) is 7.31. The number of hydrogen-bond donors (Lipinski definition) is 1. The molecule has 0 atom stereocenters. The Hall–Kier alpha value is -1.02. The number of ether oxygens (including phenoxy) is 1. The van der Waals surface area contributed by atoms with Crippen LogP contribution < -0.4 is 5.73 Å². The van der Waals surface area contributed by atoms with Crippen LogP contribution in [0.4, 0.5) is 5.69 Å². The molecule has 0 amide bonds. The highest BCUT2D eigenvalue weighted by Gasteiger charge is 2.47. The number of hydrogen-bond acceptors (Lipinski definition) is 2. The molecule has 0 unspecified atom stereocenters. The maximum absolute atomic E-state index is 6.05. The summed E-state index contributed by atoms with van der Waals surface area (Å²) in [5, 5.41) is 0. The molecule has 4 aliphatic rings. The third-order valence-electron chi connectivity index (χ3n) is 6.04. The summed E-state index contributed by atoms with van der Waals surface area (Å²) in [5.74, 6) is 4.85. The van der Waals surface area contributed by atoms with Crippen molar-refractivity contribution < 1.29 is 4.74 Å². The monoisotopic (exact) mass is 271 g/mol. The van der Waals surface area contributed by atoms with Crippen molar-refractivity contribution >= 4 is 5.69 Å². The first kappa shape index (κ1) is 12.7. The molecule has 1 aromatic carbocycles. The fourth-order valence-electron chi connectivity index (χ4n) is 5.28. The molecule has 0 saturated heterocycles. The summed E-state index contributed by atoms with van der Waals surface area (Å²) in [6.45, 7) is 1.62. The standard InChI is InChI=1S/C18H25NO/c19-18-4-2-1-3-14(18)10-20-11-17-15-6-12-5-13(8-15)9-16(17)7-12/h1-4,12-13,15-17H,5-11,19H2. The van der Waals surface area contributed by atoms with Gasteiger partial charge in [-0.15, -0.1) is 0 Å². The van der Waals surface area contributed by atoms with Crippen molar-refractivity contribution in [3.63, 3.8) is 0 Å². The Morgan fingerprint density at radius 1 is 0.950 bits per heavy atom. The summed E-state index contributed by atoms with van der Waals surface area (Å²) >= 11 is 0. The molecule has 4 aliphatic carbocycles. The van der Waals surface area contributed by atoms with Gasteiger partial charge in [-0.25, -0.2) is 0 Å². The summed E-state index contributed by atoms with van der Waals surface area (Å²) in [6.07, 6.45) is 7.45. The van der Waals surface area contributed by atoms with Crippen LogP contribution in [0.1, 0.15) is 37.7 Å². The smallest absolute Gasteiger partial charge is 0.0736 e. The molecule has 2 nitrogen and oxygen atoms in total. The fourth-order valence-corrected chi connectivity index (χ4v) is 5.28. The summed E-state index contributed by atoms with van der Waals surface area (Å²) in [7, 11) is 0. The first-order valence-electron chi connectivity index (χ1n) is 8.20. The normalized spacial score (nSPS) is 38.3. The van der Waals surface area contributed by atoms with Crippen molar-refractivity contribution in [1.29, 1.82) is 0 Å². The van der Waals surface area contributed by atoms with E-state index in [1.165, 1.54) is 32.1 Å². The summed E-state index contributed by atoms with van der Waals surface area (Å²) in [6, 6.07) is 8.06. The number of rotatable bonds is 4. The molecule has 1 aromatic rings. The maximum Gasteiger partial charge on any atom is 0.0736 e. The highest BCUT2D eigenvalue weighted by atomic mass is 16.5. The average molecular weight is 271 g/mol. The quantitative estimate of drug-likeness (QED) is 0.844. The Morgan fingerprint density at radius 3 is 2.25 bits per heavy atom. The van der Waals surface area contributed by atoms with Crippen LogP contribution in [0.2, 0.25) is 0 Å². The van der Waals surface area contributed by atoms with E-state index in [2.05, 4.69) is 6.07 Å². The largest absolute Gasteiger partial charge is 0.398 e. The third kappa shape index (κ3) is 2.24. The molecule has 0 spiro atoms. The first-order chi connectivity index (χ1) is 9.79. The van der Waals surface area contributed by atoms with Crippen molar-refractivity contribution in [3.05, 3.63) is 29.8 Å². The molecular formula is C18H25NO. The molecule has 108 valence electrons. The van der Waals surface area contributed by atoms with Gasteiger partial charge in [-0.1, -0.05) is 18.2 Å². The number of benzene rings is 1. The van der Waals surface area contributed by atoms with Gasteiger partial charge in [-0.2, -0.15) is 0 Å². The molecule has 4 bridgehead atoms. The van der Waals surface area contributed by atoms with E-state index in [9.17, 15) is 0 Å². The number of nitrogens with two attached hydrogens (primary N) is 1. The van der Waals surface area contributed by atoms with Crippen LogP contribution in [-0.2, 0) is 11.3 Å². The van der Waals surface area contributed by atoms with E-state index < -0.39 is 0 Å². The maximum atomic E-state index is 6.05. The molecule has 2 heteroatoms. The molecule has 4 fully saturated rings. The summed E-state index contributed by atoms with van der Waals surface area (Å²) < 4.78 is 6.05. The summed E-state index contributed by atoms with van der Waals surface area (Å²) in [5.41, 5.74) is 7.97. The van der Waals surface area contributed by atoms with E-state index in [-0.39, 0.29) is 0 Å². The molecular weight excluding hydrogens is 246 g/mol. The SMILES string of the molecule is Nc1ccccc1COCC1C2CC3CC(C2)CC1C3. The molecule has 4 saturated carbocycles. The minimum absolute atomic E-state index is 0.676. The Balaban J connectivity index is 1.35. The van der Waals surface area contributed by atoms with Gasteiger partial charge < -0.3 is 10.5 Å². The zero-order chi connectivity index (χ0) is 13.5. The zero-order valence-corrected chi connectivity index (χ0v) is 12.1. The van der Waals surface area contributed by atoms with Crippen LogP contribution in [0.25, 0.3) is 0 Å². The predicted molar refractivity (Wildman–Crippen MR) is 81.0 cm³/mol. The molecule has 0 radical (unpaired) electrons. The van der Waals surface area contributed by atoms with Crippen molar-refractivity contribution in [2.24, 2.45) is 29.6 Å². The minimum atomic E-state index is 0.676. The molecule has 0 heterocycles. The number of nitrogen functional groups attached to an aromatic ring is 1. The van der Waals surface area contributed by atoms with Crippen LogP contribution in [0.3, 0.4) is 0 Å². The third-order valence-corrected chi connectivity index (χ3v) is 6.04. The minimum Gasteiger partial charge on any atom is -0.398 e. The Morgan fingerprint density at radius 2 is 1.60 bits per heavy atom. The van der Waals surface area contributed by atoms with E-state index in [1.54, 1.807) is 0 Å². The topological polar surface area (TPSA) is 35.2 Å². The van der Waals surface area contributed by atoms with Gasteiger partial charge in [-0.3, -0.25) is 0 Å². The van der Waals surface area contributed by atoms with Crippen molar-refractivity contribution in [1.82, 2.24) is 0 Å². The van der Waals surface area contributed by atoms with Gasteiger partial charge in [0.2, 0.25) is 0 Å². The predicted octanol–water partition coefficient (Wildman–Crippen LogP) is 3.86. The second-order valence-electron chi connectivity index (χ2n) is 7.31. The molecule has 0 aromatic heterocycles. The van der Waals surface area contributed by atoms with Crippen LogP contribution in [0, 0.1) is 29.6 Å². The summed E-state index contributed by atoms with van der Waals surface area (Å²) in [4.78, 5) is 0. The lowest BCUT2D eigenvalue weighted by Gasteiger charge is -2.54. The van der Waals surface area contributed by atoms with E-state index >= 15 is 0 Å². The lowest BCUT2D eigenvalue weighted by Crippen LogP contribution is -2.46. The number of anilines is 1. The van der Waals surface area contributed by atoms with E-state index in [4.69, 9.17) is 10.5 Å². The highest BCUT2D eigenvalue weighted by molar-refractivity contribution is 5.45. The van der Waals surface area contributed by atoms with Gasteiger partial charge in [0, 0.05) is 11.3 Å². The Labute approximate surface area is 121 Å². The molecule has 0 aliphatic heterocycles. The van der Waals surface area contributed by atoms with Gasteiger partial charge in [0.1, 0.15) is 0 Å². The van der Waals surface area contributed by atoms with Crippen molar-refractivity contribution in [2.45, 2.75) is 38.7 Å². The highest BCUT2D eigenvalue weighted by Crippen LogP contribution is 2.56. The Kier molecular flexibility index (Phi) is 3.22. The lowest BCUT2D eigenvalue weighted by atomic mass is 9.52. The van der Waals surface area contributed by atoms with Crippen LogP contribution in [0.5, 0.6) is 0 Å². The van der Waals surface area contributed by atoms with Gasteiger partial charge in [-0.05, 0) is 67.8 Å². The van der Waals surface area contributed by atoms with Crippen molar-refractivity contribution in [3.8, 4) is 0 Å². The van der Waals surface area contributed by atoms with Gasteiger partial charge in [0.15, 0.2) is 0 Å². The average Bonchev–Trinajstić information content (AvgIpc) is 2.43. The van der Waals surface area contributed by atoms with Crippen LogP contribution in [-0.4, -0.2) is 6.61 Å². The van der Waals surface area contributed by atoms with Crippen LogP contribution in [0.15, 0.2) is 24.3 Å². The Bertz CT molecular complexity index is 456. The van der Waals surface area contributed by atoms with Crippen LogP contribution >= 0.6 is 0 Å². The molecule has 2 N–H and O–H groups in total. The molecule has 5 rings (SSSR count). The van der Waals surface area contributed by atoms with Gasteiger partial charge in [0.25, 0.3) is 0 Å².